The van der Waals surface area contributed by atoms with Crippen molar-refractivity contribution in [3.63, 3.8) is 0 Å². The molecule has 2 heterocycles. The Hall–Kier alpha value is -3.49. The van der Waals surface area contributed by atoms with Gasteiger partial charge in [-0.25, -0.2) is 9.97 Å². The van der Waals surface area contributed by atoms with Gasteiger partial charge in [-0.1, -0.05) is 11.6 Å². The van der Waals surface area contributed by atoms with Crippen molar-refractivity contribution < 1.29 is 14.3 Å². The summed E-state index contributed by atoms with van der Waals surface area (Å²) in [5.41, 5.74) is 4.10. The van der Waals surface area contributed by atoms with Crippen LogP contribution in [0, 0.1) is 0 Å². The van der Waals surface area contributed by atoms with Gasteiger partial charge in [0, 0.05) is 53.4 Å². The van der Waals surface area contributed by atoms with Crippen molar-refractivity contribution in [1.82, 2.24) is 15.3 Å². The monoisotopic (exact) mass is 465 g/mol. The highest BCUT2D eigenvalue weighted by molar-refractivity contribution is 6.31. The molecule has 3 N–H and O–H groups in total. The van der Waals surface area contributed by atoms with Crippen molar-refractivity contribution in [2.45, 2.75) is 19.8 Å². The third kappa shape index (κ3) is 5.66. The van der Waals surface area contributed by atoms with Gasteiger partial charge in [0.15, 0.2) is 0 Å². The molecule has 0 spiro atoms. The van der Waals surface area contributed by atoms with E-state index in [9.17, 15) is 9.59 Å². The lowest BCUT2D eigenvalue weighted by molar-refractivity contribution is -0.115. The lowest BCUT2D eigenvalue weighted by Crippen LogP contribution is -2.25. The second-order valence-corrected chi connectivity index (χ2v) is 7.93. The number of anilines is 3. The van der Waals surface area contributed by atoms with E-state index in [1.165, 1.54) is 0 Å². The summed E-state index contributed by atoms with van der Waals surface area (Å²) in [4.78, 5) is 33.5. The van der Waals surface area contributed by atoms with Gasteiger partial charge >= 0.3 is 0 Å². The Morgan fingerprint density at radius 2 is 2.03 bits per heavy atom. The molecule has 2 aromatic carbocycles. The van der Waals surface area contributed by atoms with E-state index >= 15 is 0 Å². The molecule has 2 amide bonds. The third-order valence-corrected chi connectivity index (χ3v) is 5.32. The van der Waals surface area contributed by atoms with Crippen LogP contribution in [0.15, 0.2) is 48.7 Å². The highest BCUT2D eigenvalue weighted by Crippen LogP contribution is 2.34. The molecular formula is C24H24ClN5O3. The molecule has 9 heteroatoms. The Kier molecular flexibility index (Phi) is 7.16. The zero-order valence-electron chi connectivity index (χ0n) is 18.2. The Balaban J connectivity index is 1.47. The average molecular weight is 466 g/mol. The second kappa shape index (κ2) is 10.4. The number of rotatable bonds is 8. The van der Waals surface area contributed by atoms with Gasteiger partial charge in [0.2, 0.25) is 11.9 Å². The Morgan fingerprint density at radius 1 is 1.21 bits per heavy atom. The van der Waals surface area contributed by atoms with Crippen LogP contribution in [0.3, 0.4) is 0 Å². The fraction of sp³-hybridized carbons (Fsp3) is 0.250. The van der Waals surface area contributed by atoms with Crippen LogP contribution in [0.2, 0.25) is 5.02 Å². The summed E-state index contributed by atoms with van der Waals surface area (Å²) >= 11 is 6.10. The van der Waals surface area contributed by atoms with Crippen LogP contribution in [0.25, 0.3) is 11.3 Å². The van der Waals surface area contributed by atoms with Gasteiger partial charge in [-0.05, 0) is 55.8 Å². The molecule has 0 unspecified atom stereocenters. The number of nitrogens with zero attached hydrogens (tertiary/aromatic N) is 2. The molecule has 1 aliphatic heterocycles. The van der Waals surface area contributed by atoms with Crippen LogP contribution < -0.4 is 16.0 Å². The third-order valence-electron chi connectivity index (χ3n) is 5.08. The van der Waals surface area contributed by atoms with Crippen LogP contribution >= 0.6 is 11.6 Å². The van der Waals surface area contributed by atoms with Crippen molar-refractivity contribution in [2.75, 3.05) is 30.4 Å². The number of amides is 2. The molecule has 1 aromatic heterocycles. The van der Waals surface area contributed by atoms with E-state index in [2.05, 4.69) is 25.9 Å². The second-order valence-electron chi connectivity index (χ2n) is 7.49. The maximum atomic E-state index is 12.3. The standard InChI is InChI=1S/C24H24ClN5O3/c1-2-33-11-3-10-26-23(32)15-4-7-18(8-5-15)28-24-27-14-16-12-21(31)29-20-13-17(25)6-9-19(20)22(16)30-24/h4-9,13-14H,2-3,10-12H2,1H3,(H,26,32)(H,29,31)(H,27,28,30). The minimum atomic E-state index is -0.145. The van der Waals surface area contributed by atoms with Crippen molar-refractivity contribution in [3.8, 4) is 11.3 Å². The molecule has 3 aromatic rings. The summed E-state index contributed by atoms with van der Waals surface area (Å²) in [5.74, 6) is 0.109. The van der Waals surface area contributed by atoms with E-state index in [-0.39, 0.29) is 18.2 Å². The number of ether oxygens (including phenoxy) is 1. The predicted molar refractivity (Wildman–Crippen MR) is 128 cm³/mol. The van der Waals surface area contributed by atoms with Crippen molar-refractivity contribution >= 4 is 40.7 Å². The minimum Gasteiger partial charge on any atom is -0.382 e. The highest BCUT2D eigenvalue weighted by Gasteiger charge is 2.21. The zero-order valence-corrected chi connectivity index (χ0v) is 18.9. The van der Waals surface area contributed by atoms with Gasteiger partial charge in [-0.15, -0.1) is 0 Å². The van der Waals surface area contributed by atoms with Crippen LogP contribution in [0.4, 0.5) is 17.3 Å². The number of benzene rings is 2. The molecule has 1 aliphatic rings. The molecule has 33 heavy (non-hydrogen) atoms. The van der Waals surface area contributed by atoms with Gasteiger partial charge in [0.05, 0.1) is 17.8 Å². The summed E-state index contributed by atoms with van der Waals surface area (Å²) in [5, 5.41) is 9.43. The lowest BCUT2D eigenvalue weighted by atomic mass is 10.1. The number of carbonyl (C=O) groups is 2. The number of nitrogens with one attached hydrogen (secondary N) is 3. The Bertz CT molecular complexity index is 1170. The predicted octanol–water partition coefficient (Wildman–Crippen LogP) is 4.19. The first-order valence-electron chi connectivity index (χ1n) is 10.7. The van der Waals surface area contributed by atoms with Crippen LogP contribution in [0.1, 0.15) is 29.3 Å². The fourth-order valence-electron chi connectivity index (χ4n) is 3.48. The van der Waals surface area contributed by atoms with E-state index in [1.807, 2.05) is 13.0 Å². The van der Waals surface area contributed by atoms with Crippen LogP contribution in [0.5, 0.6) is 0 Å². The molecule has 8 nitrogen and oxygen atoms in total. The summed E-state index contributed by atoms with van der Waals surface area (Å²) in [6.07, 6.45) is 2.60. The quantitative estimate of drug-likeness (QED) is 0.431. The number of hydrogen-bond acceptors (Lipinski definition) is 6. The lowest BCUT2D eigenvalue weighted by Gasteiger charge is -2.11. The van der Waals surface area contributed by atoms with E-state index in [0.717, 1.165) is 23.2 Å². The van der Waals surface area contributed by atoms with E-state index in [1.54, 1.807) is 42.6 Å². The summed E-state index contributed by atoms with van der Waals surface area (Å²) in [6.45, 7) is 3.80. The first kappa shape index (κ1) is 22.7. The summed E-state index contributed by atoms with van der Waals surface area (Å²) in [7, 11) is 0. The van der Waals surface area contributed by atoms with Crippen molar-refractivity contribution in [3.05, 3.63) is 64.8 Å². The minimum absolute atomic E-state index is 0.133. The summed E-state index contributed by atoms with van der Waals surface area (Å²) < 4.78 is 5.27. The molecule has 0 saturated carbocycles. The van der Waals surface area contributed by atoms with Gasteiger partial charge in [-0.3, -0.25) is 9.59 Å². The molecule has 0 aliphatic carbocycles. The van der Waals surface area contributed by atoms with E-state index < -0.39 is 0 Å². The van der Waals surface area contributed by atoms with Crippen LogP contribution in [-0.4, -0.2) is 41.5 Å². The van der Waals surface area contributed by atoms with Crippen molar-refractivity contribution in [1.29, 1.82) is 0 Å². The van der Waals surface area contributed by atoms with Crippen LogP contribution in [-0.2, 0) is 16.0 Å². The number of fused-ring (bicyclic) bond motifs is 3. The van der Waals surface area contributed by atoms with Gasteiger partial charge in [0.25, 0.3) is 5.91 Å². The molecule has 0 atom stereocenters. The molecule has 0 radical (unpaired) electrons. The Labute approximate surface area is 196 Å². The maximum absolute atomic E-state index is 12.3. The normalized spacial score (nSPS) is 12.2. The van der Waals surface area contributed by atoms with Gasteiger partial charge < -0.3 is 20.7 Å². The molecular weight excluding hydrogens is 442 g/mol. The zero-order chi connectivity index (χ0) is 23.2. The SMILES string of the molecule is CCOCCCNC(=O)c1ccc(Nc2ncc3c(n2)-c2ccc(Cl)cc2NC(=O)C3)cc1. The first-order valence-corrected chi connectivity index (χ1v) is 11.1. The van der Waals surface area contributed by atoms with E-state index in [4.69, 9.17) is 16.3 Å². The smallest absolute Gasteiger partial charge is 0.251 e. The number of carbonyl (C=O) groups excluding carboxylic acids is 2. The average Bonchev–Trinajstić information content (AvgIpc) is 2.94. The number of aromatic nitrogens is 2. The molecule has 0 saturated heterocycles. The molecule has 4 rings (SSSR count). The highest BCUT2D eigenvalue weighted by atomic mass is 35.5. The molecule has 0 fully saturated rings. The largest absolute Gasteiger partial charge is 0.382 e. The maximum Gasteiger partial charge on any atom is 0.251 e. The number of halogens is 1. The van der Waals surface area contributed by atoms with Crippen molar-refractivity contribution in [2.24, 2.45) is 0 Å². The first-order chi connectivity index (χ1) is 16.0. The van der Waals surface area contributed by atoms with E-state index in [0.29, 0.717) is 47.7 Å². The Morgan fingerprint density at radius 3 is 2.82 bits per heavy atom. The fourth-order valence-corrected chi connectivity index (χ4v) is 3.65. The number of hydrogen-bond donors (Lipinski definition) is 3. The molecule has 0 bridgehead atoms. The topological polar surface area (TPSA) is 105 Å². The van der Waals surface area contributed by atoms with Gasteiger partial charge in [0.1, 0.15) is 0 Å². The summed E-state index contributed by atoms with van der Waals surface area (Å²) in [6, 6.07) is 12.4. The van der Waals surface area contributed by atoms with Gasteiger partial charge in [-0.2, -0.15) is 0 Å². The molecule has 170 valence electrons.